The van der Waals surface area contributed by atoms with Crippen molar-refractivity contribution >= 4 is 96.8 Å². The molecule has 0 spiro atoms. The van der Waals surface area contributed by atoms with Crippen LogP contribution in [0.25, 0.3) is 75.8 Å². The second-order valence-electron chi connectivity index (χ2n) is 15.6. The number of para-hydroxylation sites is 2. The highest BCUT2D eigenvalue weighted by Gasteiger charge is 2.44. The fourth-order valence-corrected chi connectivity index (χ4v) is 14.8. The maximum absolute atomic E-state index is 7.50. The van der Waals surface area contributed by atoms with Crippen LogP contribution < -0.4 is 24.4 Å². The van der Waals surface area contributed by atoms with Crippen LogP contribution in [0.3, 0.4) is 0 Å². The zero-order valence-electron chi connectivity index (χ0n) is 31.1. The van der Waals surface area contributed by atoms with Crippen LogP contribution in [0.5, 0.6) is 11.5 Å². The summed E-state index contributed by atoms with van der Waals surface area (Å²) in [5.74, 6) is 1.89. The van der Waals surface area contributed by atoms with Gasteiger partial charge >= 0.3 is 8.32 Å². The predicted octanol–water partition coefficient (Wildman–Crippen LogP) is 11.8. The number of hydrogen-bond acceptors (Lipinski definition) is 2. The molecule has 8 aromatic rings. The molecular formula is C51H38O2Si2. The number of hydrogen-bond donors (Lipinski definition) is 0. The standard InChI is InChI=1S/C51H38O2Si2/c1-54(2)48-28-12-10-26-46(48)53-55(3,49-29-13-11-27-47(49)52-54)33-30-31-40-36-18-6-9-21-39(36)42-23-14-22-41-37-19-7-4-16-34(37)35-17-5-8-20-38(35)43-24-15-25-44(45(40)32-33)51(43)50(41)42/h4-32H,1-3H3. The van der Waals surface area contributed by atoms with Crippen molar-refractivity contribution in [3.8, 4) is 22.6 Å². The highest BCUT2D eigenvalue weighted by Crippen LogP contribution is 2.47. The van der Waals surface area contributed by atoms with E-state index in [1.807, 2.05) is 0 Å². The average Bonchev–Trinajstić information content (AvgIpc) is 3.22. The van der Waals surface area contributed by atoms with Crippen LogP contribution in [0.1, 0.15) is 0 Å². The molecule has 0 fully saturated rings. The van der Waals surface area contributed by atoms with Crippen molar-refractivity contribution in [1.82, 2.24) is 0 Å². The van der Waals surface area contributed by atoms with E-state index in [-0.39, 0.29) is 0 Å². The molecule has 0 radical (unpaired) electrons. The molecule has 0 aromatic heterocycles. The Hall–Kier alpha value is -6.21. The first-order chi connectivity index (χ1) is 26.9. The van der Waals surface area contributed by atoms with Gasteiger partial charge in [-0.25, -0.2) is 0 Å². The third-order valence-electron chi connectivity index (χ3n) is 12.1. The third-order valence-corrected chi connectivity index (χ3v) is 18.0. The molecule has 1 heterocycles. The molecule has 1 unspecified atom stereocenters. The maximum atomic E-state index is 7.50. The lowest BCUT2D eigenvalue weighted by Gasteiger charge is -2.38. The van der Waals surface area contributed by atoms with E-state index in [2.05, 4.69) is 196 Å². The number of fused-ring (bicyclic) bond motifs is 12. The molecule has 2 aliphatic carbocycles. The first-order valence-corrected chi connectivity index (χ1v) is 24.5. The zero-order chi connectivity index (χ0) is 36.9. The van der Waals surface area contributed by atoms with Crippen molar-refractivity contribution in [2.75, 3.05) is 0 Å². The largest absolute Gasteiger partial charge is 0.539 e. The smallest absolute Gasteiger partial charge is 0.315 e. The molecule has 8 aromatic carbocycles. The van der Waals surface area contributed by atoms with E-state index in [0.717, 1.165) is 16.7 Å². The lowest BCUT2D eigenvalue weighted by Crippen LogP contribution is -2.64. The van der Waals surface area contributed by atoms with Crippen molar-refractivity contribution in [1.29, 1.82) is 0 Å². The molecule has 3 aliphatic rings. The summed E-state index contributed by atoms with van der Waals surface area (Å²) in [7, 11) is -5.27. The Morgan fingerprint density at radius 1 is 0.309 bits per heavy atom. The zero-order valence-corrected chi connectivity index (χ0v) is 33.1. The van der Waals surface area contributed by atoms with Crippen LogP contribution >= 0.6 is 0 Å². The van der Waals surface area contributed by atoms with E-state index < -0.39 is 16.6 Å². The summed E-state index contributed by atoms with van der Waals surface area (Å²) in [6.07, 6.45) is 0. The Labute approximate surface area is 322 Å². The summed E-state index contributed by atoms with van der Waals surface area (Å²) < 4.78 is 14.6. The Morgan fingerprint density at radius 2 is 0.673 bits per heavy atom. The van der Waals surface area contributed by atoms with Crippen LogP contribution in [0.15, 0.2) is 176 Å². The minimum atomic E-state index is -2.94. The van der Waals surface area contributed by atoms with Gasteiger partial charge in [0.05, 0.1) is 0 Å². The molecule has 55 heavy (non-hydrogen) atoms. The van der Waals surface area contributed by atoms with E-state index in [1.165, 1.54) is 86.1 Å². The van der Waals surface area contributed by atoms with Crippen LogP contribution in [0.4, 0.5) is 0 Å². The van der Waals surface area contributed by atoms with Crippen molar-refractivity contribution in [2.24, 2.45) is 0 Å². The minimum absolute atomic E-state index is 0.943. The molecule has 4 heteroatoms. The van der Waals surface area contributed by atoms with E-state index in [1.54, 1.807) is 0 Å². The van der Waals surface area contributed by atoms with E-state index in [0.29, 0.717) is 0 Å². The van der Waals surface area contributed by atoms with Gasteiger partial charge in [-0.05, 0) is 113 Å². The van der Waals surface area contributed by atoms with E-state index in [4.69, 9.17) is 8.85 Å². The molecule has 11 rings (SSSR count). The van der Waals surface area contributed by atoms with Crippen molar-refractivity contribution in [2.45, 2.75) is 19.6 Å². The summed E-state index contributed by atoms with van der Waals surface area (Å²) in [6, 6.07) is 64.9. The maximum Gasteiger partial charge on any atom is 0.315 e. The van der Waals surface area contributed by atoms with Gasteiger partial charge in [0.1, 0.15) is 11.5 Å². The molecule has 2 nitrogen and oxygen atoms in total. The Bertz CT molecular complexity index is 3220. The molecule has 0 bridgehead atoms. The monoisotopic (exact) mass is 738 g/mol. The van der Waals surface area contributed by atoms with Crippen LogP contribution in [-0.2, 0) is 0 Å². The first-order valence-electron chi connectivity index (χ1n) is 19.2. The molecule has 1 atom stereocenters. The molecule has 1 aliphatic heterocycles. The minimum Gasteiger partial charge on any atom is -0.539 e. The summed E-state index contributed by atoms with van der Waals surface area (Å²) in [5.41, 5.74) is 2.55. The number of rotatable bonds is 1. The third kappa shape index (κ3) is 4.72. The molecule has 0 N–H and O–H groups in total. The van der Waals surface area contributed by atoms with Gasteiger partial charge in [0.15, 0.2) is 0 Å². The number of benzene rings is 8. The van der Waals surface area contributed by atoms with E-state index >= 15 is 0 Å². The average molecular weight is 739 g/mol. The fraction of sp³-hybridized carbons (Fsp3) is 0.0588. The van der Waals surface area contributed by atoms with E-state index in [9.17, 15) is 0 Å². The highest BCUT2D eigenvalue weighted by molar-refractivity contribution is 6.98. The van der Waals surface area contributed by atoms with Crippen molar-refractivity contribution in [3.05, 3.63) is 176 Å². The van der Waals surface area contributed by atoms with Crippen molar-refractivity contribution < 1.29 is 8.85 Å². The molecule has 0 amide bonds. The Morgan fingerprint density at radius 3 is 1.18 bits per heavy atom. The van der Waals surface area contributed by atoms with Gasteiger partial charge < -0.3 is 8.85 Å². The molecular weight excluding hydrogens is 701 g/mol. The van der Waals surface area contributed by atoms with Gasteiger partial charge in [-0.2, -0.15) is 0 Å². The summed E-state index contributed by atoms with van der Waals surface area (Å²) in [5, 5.41) is 18.5. The Kier molecular flexibility index (Phi) is 6.97. The predicted molar refractivity (Wildman–Crippen MR) is 239 cm³/mol. The highest BCUT2D eigenvalue weighted by atomic mass is 28.4. The molecule has 262 valence electrons. The fourth-order valence-electron chi connectivity index (χ4n) is 9.52. The summed E-state index contributed by atoms with van der Waals surface area (Å²) >= 11 is 0. The molecule has 0 saturated heterocycles. The SMILES string of the molecule is C[Si]1(C)Oc2ccccc2[Si](C)(c2ccc3c(c2)c2cccc4c2-c2c(cccc2c2ccccc23)c2ccccc2c2ccccc42)Oc2ccccc21. The lowest BCUT2D eigenvalue weighted by atomic mass is 9.84. The molecule has 0 saturated carbocycles. The van der Waals surface area contributed by atoms with Gasteiger partial charge in [-0.15, -0.1) is 0 Å². The van der Waals surface area contributed by atoms with Gasteiger partial charge in [-0.3, -0.25) is 0 Å². The van der Waals surface area contributed by atoms with Gasteiger partial charge in [-0.1, -0.05) is 164 Å². The van der Waals surface area contributed by atoms with Crippen LogP contribution in [-0.4, -0.2) is 16.6 Å². The topological polar surface area (TPSA) is 18.5 Å². The summed E-state index contributed by atoms with van der Waals surface area (Å²) in [6.45, 7) is 6.89. The van der Waals surface area contributed by atoms with Crippen molar-refractivity contribution in [3.63, 3.8) is 0 Å². The second kappa shape index (κ2) is 11.9. The normalized spacial score (nSPS) is 16.4. The van der Waals surface area contributed by atoms with Gasteiger partial charge in [0.2, 0.25) is 0 Å². The Balaban J connectivity index is 1.35. The van der Waals surface area contributed by atoms with Gasteiger partial charge in [0, 0.05) is 10.4 Å². The summed E-state index contributed by atoms with van der Waals surface area (Å²) in [4.78, 5) is 0. The quantitative estimate of drug-likeness (QED) is 0.156. The first kappa shape index (κ1) is 32.2. The van der Waals surface area contributed by atoms with Crippen LogP contribution in [0, 0.1) is 0 Å². The van der Waals surface area contributed by atoms with Gasteiger partial charge in [0.25, 0.3) is 8.32 Å². The van der Waals surface area contributed by atoms with Crippen LogP contribution in [0.2, 0.25) is 19.6 Å². The second-order valence-corrected chi connectivity index (χ2v) is 22.7. The lowest BCUT2D eigenvalue weighted by molar-refractivity contribution is 0.537.